The fraction of sp³-hybridized carbons (Fsp3) is 0.400. The highest BCUT2D eigenvalue weighted by Crippen LogP contribution is 2.58. The maximum absolute atomic E-state index is 12.5. The van der Waals surface area contributed by atoms with Crippen LogP contribution in [0.25, 0.3) is 11.4 Å². The SMILES string of the molecule is Cn1nnc(-c2ccccc2NC(=O)[C@@H]2[C@H](C(=O)O)C2(C)C)n1. The summed E-state index contributed by atoms with van der Waals surface area (Å²) in [5.74, 6) is -2.07. The van der Waals surface area contributed by atoms with E-state index < -0.39 is 23.2 Å². The molecule has 1 aliphatic rings. The number of tetrazole rings is 1. The van der Waals surface area contributed by atoms with E-state index in [1.165, 1.54) is 4.80 Å². The van der Waals surface area contributed by atoms with Crippen molar-refractivity contribution in [1.82, 2.24) is 20.2 Å². The molecule has 8 nitrogen and oxygen atoms in total. The van der Waals surface area contributed by atoms with Crippen LogP contribution < -0.4 is 5.32 Å². The Morgan fingerprint density at radius 1 is 1.26 bits per heavy atom. The van der Waals surface area contributed by atoms with Crippen molar-refractivity contribution in [3.63, 3.8) is 0 Å². The average molecular weight is 315 g/mol. The van der Waals surface area contributed by atoms with Crippen LogP contribution in [0.15, 0.2) is 24.3 Å². The first-order valence-electron chi connectivity index (χ1n) is 7.19. The third-order valence-corrected chi connectivity index (χ3v) is 4.31. The first-order valence-corrected chi connectivity index (χ1v) is 7.19. The summed E-state index contributed by atoms with van der Waals surface area (Å²) >= 11 is 0. The third-order valence-electron chi connectivity index (χ3n) is 4.31. The Hall–Kier alpha value is -2.77. The lowest BCUT2D eigenvalue weighted by Gasteiger charge is -2.09. The summed E-state index contributed by atoms with van der Waals surface area (Å²) in [4.78, 5) is 25.0. The number of aliphatic carboxylic acids is 1. The molecule has 120 valence electrons. The smallest absolute Gasteiger partial charge is 0.307 e. The molecule has 3 rings (SSSR count). The number of amides is 1. The lowest BCUT2D eigenvalue weighted by Crippen LogP contribution is -2.18. The molecule has 23 heavy (non-hydrogen) atoms. The molecule has 1 aromatic carbocycles. The largest absolute Gasteiger partial charge is 0.481 e. The van der Waals surface area contributed by atoms with Crippen molar-refractivity contribution >= 4 is 17.6 Å². The Morgan fingerprint density at radius 2 is 1.96 bits per heavy atom. The highest BCUT2D eigenvalue weighted by Gasteiger charge is 2.65. The van der Waals surface area contributed by atoms with Crippen molar-refractivity contribution in [2.45, 2.75) is 13.8 Å². The average Bonchev–Trinajstić information content (AvgIpc) is 2.83. The zero-order valence-electron chi connectivity index (χ0n) is 13.0. The van der Waals surface area contributed by atoms with E-state index in [1.54, 1.807) is 39.1 Å². The molecular formula is C15H17N5O3. The first kappa shape index (κ1) is 15.1. The predicted octanol–water partition coefficient (Wildman–Crippen LogP) is 1.17. The molecule has 1 heterocycles. The summed E-state index contributed by atoms with van der Waals surface area (Å²) in [6.07, 6.45) is 0. The second kappa shape index (κ2) is 5.15. The third kappa shape index (κ3) is 2.56. The van der Waals surface area contributed by atoms with Gasteiger partial charge in [-0.25, -0.2) is 0 Å². The zero-order chi connectivity index (χ0) is 16.8. The maximum Gasteiger partial charge on any atom is 0.307 e. The molecule has 2 atom stereocenters. The van der Waals surface area contributed by atoms with Gasteiger partial charge in [0.2, 0.25) is 11.7 Å². The van der Waals surface area contributed by atoms with Crippen LogP contribution in [0.5, 0.6) is 0 Å². The van der Waals surface area contributed by atoms with Crippen molar-refractivity contribution < 1.29 is 14.7 Å². The first-order chi connectivity index (χ1) is 10.8. The van der Waals surface area contributed by atoms with Gasteiger partial charge < -0.3 is 10.4 Å². The van der Waals surface area contributed by atoms with E-state index in [9.17, 15) is 14.7 Å². The van der Waals surface area contributed by atoms with Crippen molar-refractivity contribution in [1.29, 1.82) is 0 Å². The molecule has 1 fully saturated rings. The van der Waals surface area contributed by atoms with Gasteiger partial charge in [0.15, 0.2) is 0 Å². The van der Waals surface area contributed by atoms with Crippen molar-refractivity contribution in [2.24, 2.45) is 24.3 Å². The van der Waals surface area contributed by atoms with Crippen LogP contribution in [0, 0.1) is 17.3 Å². The van der Waals surface area contributed by atoms with Crippen molar-refractivity contribution in [2.75, 3.05) is 5.32 Å². The van der Waals surface area contributed by atoms with Gasteiger partial charge in [-0.15, -0.1) is 10.2 Å². The number of carboxylic acid groups (broad SMARTS) is 1. The molecule has 1 saturated carbocycles. The van der Waals surface area contributed by atoms with Gasteiger partial charge in [-0.3, -0.25) is 9.59 Å². The Bertz CT molecular complexity index is 783. The summed E-state index contributed by atoms with van der Waals surface area (Å²) < 4.78 is 0. The Morgan fingerprint density at radius 3 is 2.52 bits per heavy atom. The van der Waals surface area contributed by atoms with Gasteiger partial charge >= 0.3 is 5.97 Å². The van der Waals surface area contributed by atoms with Gasteiger partial charge in [0.05, 0.1) is 24.6 Å². The molecule has 2 aromatic rings. The van der Waals surface area contributed by atoms with E-state index in [0.29, 0.717) is 17.1 Å². The molecule has 8 heteroatoms. The minimum absolute atomic E-state index is 0.307. The number of nitrogens with one attached hydrogen (secondary N) is 1. The molecule has 1 aromatic heterocycles. The maximum atomic E-state index is 12.5. The number of anilines is 1. The topological polar surface area (TPSA) is 110 Å². The molecule has 0 unspecified atom stereocenters. The van der Waals surface area contributed by atoms with Gasteiger partial charge in [0.25, 0.3) is 0 Å². The van der Waals surface area contributed by atoms with Crippen LogP contribution in [0.3, 0.4) is 0 Å². The van der Waals surface area contributed by atoms with E-state index in [1.807, 2.05) is 6.07 Å². The normalized spacial score (nSPS) is 21.7. The van der Waals surface area contributed by atoms with Crippen LogP contribution in [-0.2, 0) is 16.6 Å². The van der Waals surface area contributed by atoms with Gasteiger partial charge in [0.1, 0.15) is 0 Å². The van der Waals surface area contributed by atoms with Crippen LogP contribution in [0.1, 0.15) is 13.8 Å². The molecule has 0 aliphatic heterocycles. The lowest BCUT2D eigenvalue weighted by molar-refractivity contribution is -0.140. The Labute approximate surface area is 132 Å². The Balaban J connectivity index is 1.85. The lowest BCUT2D eigenvalue weighted by atomic mass is 10.1. The van der Waals surface area contributed by atoms with E-state index in [0.717, 1.165) is 0 Å². The predicted molar refractivity (Wildman–Crippen MR) is 81.3 cm³/mol. The summed E-state index contributed by atoms with van der Waals surface area (Å²) in [5.41, 5.74) is 0.631. The van der Waals surface area contributed by atoms with Gasteiger partial charge in [-0.2, -0.15) is 4.80 Å². The van der Waals surface area contributed by atoms with E-state index in [-0.39, 0.29) is 5.91 Å². The van der Waals surface area contributed by atoms with Gasteiger partial charge in [-0.1, -0.05) is 26.0 Å². The number of aryl methyl sites for hydroxylation is 1. The fourth-order valence-corrected chi connectivity index (χ4v) is 2.98. The fourth-order valence-electron chi connectivity index (χ4n) is 2.98. The minimum Gasteiger partial charge on any atom is -0.481 e. The number of aromatic nitrogens is 4. The number of carbonyl (C=O) groups excluding carboxylic acids is 1. The monoisotopic (exact) mass is 315 g/mol. The zero-order valence-corrected chi connectivity index (χ0v) is 13.0. The molecule has 2 N–H and O–H groups in total. The van der Waals surface area contributed by atoms with Crippen LogP contribution in [0.4, 0.5) is 5.69 Å². The highest BCUT2D eigenvalue weighted by molar-refractivity contribution is 6.01. The second-order valence-corrected chi connectivity index (χ2v) is 6.25. The van der Waals surface area contributed by atoms with E-state index in [2.05, 4.69) is 20.7 Å². The summed E-state index contributed by atoms with van der Waals surface area (Å²) in [6, 6.07) is 7.10. The van der Waals surface area contributed by atoms with Crippen LogP contribution in [-0.4, -0.2) is 37.2 Å². The number of rotatable bonds is 4. The molecular weight excluding hydrogens is 298 g/mol. The van der Waals surface area contributed by atoms with Crippen molar-refractivity contribution in [3.8, 4) is 11.4 Å². The van der Waals surface area contributed by atoms with E-state index in [4.69, 9.17) is 0 Å². The number of carbonyl (C=O) groups is 2. The molecule has 0 spiro atoms. The highest BCUT2D eigenvalue weighted by atomic mass is 16.4. The molecule has 1 aliphatic carbocycles. The summed E-state index contributed by atoms with van der Waals surface area (Å²) in [5, 5.41) is 23.9. The second-order valence-electron chi connectivity index (χ2n) is 6.25. The minimum atomic E-state index is -0.945. The van der Waals surface area contributed by atoms with E-state index >= 15 is 0 Å². The number of carboxylic acids is 1. The van der Waals surface area contributed by atoms with Crippen molar-refractivity contribution in [3.05, 3.63) is 24.3 Å². The molecule has 0 saturated heterocycles. The van der Waals surface area contributed by atoms with Gasteiger partial charge in [-0.05, 0) is 22.8 Å². The molecule has 0 bridgehead atoms. The number of nitrogens with zero attached hydrogens (tertiary/aromatic N) is 4. The summed E-state index contributed by atoms with van der Waals surface area (Å²) in [7, 11) is 1.65. The summed E-state index contributed by atoms with van der Waals surface area (Å²) in [6.45, 7) is 3.57. The molecule has 0 radical (unpaired) electrons. The number of benzene rings is 1. The van der Waals surface area contributed by atoms with Crippen LogP contribution in [0.2, 0.25) is 0 Å². The van der Waals surface area contributed by atoms with Gasteiger partial charge in [0, 0.05) is 5.56 Å². The number of hydrogen-bond acceptors (Lipinski definition) is 5. The number of para-hydroxylation sites is 1. The molecule has 1 amide bonds. The Kier molecular flexibility index (Phi) is 3.39. The quantitative estimate of drug-likeness (QED) is 0.876. The standard InChI is InChI=1S/C15H17N5O3/c1-15(2)10(11(15)14(22)23)13(21)16-9-7-5-4-6-8(9)12-17-19-20(3)18-12/h4-7,10-11H,1-3H3,(H,16,21)(H,22,23)/t10-,11+/m0/s1. The number of hydrogen-bond donors (Lipinski definition) is 2. The van der Waals surface area contributed by atoms with Crippen LogP contribution >= 0.6 is 0 Å².